The van der Waals surface area contributed by atoms with E-state index in [1.54, 1.807) is 6.26 Å². The van der Waals surface area contributed by atoms with Crippen LogP contribution in [0.1, 0.15) is 19.0 Å². The van der Waals surface area contributed by atoms with Gasteiger partial charge >= 0.3 is 0 Å². The van der Waals surface area contributed by atoms with Crippen molar-refractivity contribution < 1.29 is 4.42 Å². The van der Waals surface area contributed by atoms with Crippen LogP contribution in [-0.2, 0) is 6.54 Å². The van der Waals surface area contributed by atoms with Crippen LogP contribution in [-0.4, -0.2) is 62.7 Å². The van der Waals surface area contributed by atoms with Crippen molar-refractivity contribution in [3.8, 4) is 0 Å². The van der Waals surface area contributed by atoms with Gasteiger partial charge in [0.1, 0.15) is 6.26 Å². The summed E-state index contributed by atoms with van der Waals surface area (Å²) in [6.07, 6.45) is 5.36. The van der Waals surface area contributed by atoms with Gasteiger partial charge < -0.3 is 10.2 Å². The summed E-state index contributed by atoms with van der Waals surface area (Å²) in [5, 5.41) is 0.675. The van der Waals surface area contributed by atoms with Crippen LogP contribution >= 0.6 is 56.9 Å². The van der Waals surface area contributed by atoms with Crippen molar-refractivity contribution in [3.63, 3.8) is 0 Å². The van der Waals surface area contributed by atoms with Gasteiger partial charge in [0.05, 0.1) is 5.69 Å². The molecule has 0 aromatic carbocycles. The molecule has 1 aromatic heterocycles. The maximum Gasteiger partial charge on any atom is 0.257 e. The number of nitrogens with two attached hydrogens (primary N) is 1. The Balaban J connectivity index is 1.43. The molecule has 0 aliphatic carbocycles. The monoisotopic (exact) mass is 574 g/mol. The van der Waals surface area contributed by atoms with Gasteiger partial charge in [-0.25, -0.2) is 4.98 Å². The molecular weight excluding hydrogens is 550 g/mol. The summed E-state index contributed by atoms with van der Waals surface area (Å²) in [7, 11) is 0. The number of piperazine rings is 1. The molecule has 2 aliphatic heterocycles. The van der Waals surface area contributed by atoms with E-state index in [2.05, 4.69) is 73.0 Å². The van der Waals surface area contributed by atoms with Crippen LogP contribution in [0.3, 0.4) is 0 Å². The minimum atomic E-state index is 0.615. The molecule has 2 aliphatic rings. The SMILES string of the molecule is CC(CC1SC(CN)=CC1I)N1CCN(Cc2coc(I)n2)CC1. The molecule has 134 valence electrons. The molecule has 5 nitrogen and oxygen atoms in total. The van der Waals surface area contributed by atoms with E-state index in [9.17, 15) is 0 Å². The number of allylic oxidation sites excluding steroid dienone is 1. The smallest absolute Gasteiger partial charge is 0.257 e. The number of rotatable bonds is 6. The van der Waals surface area contributed by atoms with E-state index in [1.807, 2.05) is 11.8 Å². The maximum atomic E-state index is 5.79. The summed E-state index contributed by atoms with van der Waals surface area (Å²) in [6, 6.07) is 0.625. The zero-order chi connectivity index (χ0) is 17.1. The highest BCUT2D eigenvalue weighted by Crippen LogP contribution is 2.39. The minimum Gasteiger partial charge on any atom is -0.440 e. The Kier molecular flexibility index (Phi) is 7.30. The van der Waals surface area contributed by atoms with Crippen molar-refractivity contribution in [3.05, 3.63) is 26.8 Å². The number of hydrogen-bond acceptors (Lipinski definition) is 6. The van der Waals surface area contributed by atoms with E-state index in [1.165, 1.54) is 11.3 Å². The predicted molar refractivity (Wildman–Crippen MR) is 116 cm³/mol. The summed E-state index contributed by atoms with van der Waals surface area (Å²) >= 11 is 6.66. The van der Waals surface area contributed by atoms with E-state index < -0.39 is 0 Å². The maximum absolute atomic E-state index is 5.79. The summed E-state index contributed by atoms with van der Waals surface area (Å²) in [5.41, 5.74) is 6.83. The van der Waals surface area contributed by atoms with Crippen LogP contribution < -0.4 is 5.73 Å². The van der Waals surface area contributed by atoms with Crippen LogP contribution in [0.25, 0.3) is 0 Å². The third-order valence-electron chi connectivity index (χ3n) is 4.72. The number of nitrogens with zero attached hydrogens (tertiary/aromatic N) is 3. The summed E-state index contributed by atoms with van der Waals surface area (Å²) in [6.45, 7) is 8.44. The topological polar surface area (TPSA) is 58.5 Å². The fourth-order valence-electron chi connectivity index (χ4n) is 3.31. The lowest BCUT2D eigenvalue weighted by atomic mass is 10.1. The van der Waals surface area contributed by atoms with Crippen LogP contribution in [0.15, 0.2) is 21.7 Å². The Bertz CT molecular complexity index is 574. The average molecular weight is 574 g/mol. The van der Waals surface area contributed by atoms with Gasteiger partial charge in [0.15, 0.2) is 0 Å². The number of thioether (sulfide) groups is 1. The summed E-state index contributed by atoms with van der Waals surface area (Å²) in [5.74, 6) is 0. The van der Waals surface area contributed by atoms with Gasteiger partial charge in [-0.05, 0) is 18.2 Å². The van der Waals surface area contributed by atoms with Crippen molar-refractivity contribution in [1.82, 2.24) is 14.8 Å². The Hall–Kier alpha value is 0.640. The van der Waals surface area contributed by atoms with E-state index in [4.69, 9.17) is 10.2 Å². The zero-order valence-electron chi connectivity index (χ0n) is 13.8. The van der Waals surface area contributed by atoms with Crippen LogP contribution in [0, 0.1) is 3.90 Å². The largest absolute Gasteiger partial charge is 0.440 e. The van der Waals surface area contributed by atoms with Crippen molar-refractivity contribution in [1.29, 1.82) is 0 Å². The molecule has 3 atom stereocenters. The van der Waals surface area contributed by atoms with E-state index >= 15 is 0 Å². The first-order chi connectivity index (χ1) is 11.5. The fourth-order valence-corrected chi connectivity index (χ4v) is 6.45. The van der Waals surface area contributed by atoms with Crippen molar-refractivity contribution in [2.75, 3.05) is 32.7 Å². The van der Waals surface area contributed by atoms with Gasteiger partial charge in [0, 0.05) is 77.1 Å². The predicted octanol–water partition coefficient (Wildman–Crippen LogP) is 2.94. The molecule has 24 heavy (non-hydrogen) atoms. The standard InChI is InChI=1S/C16H24I2N4OS/c1-11(6-15-14(17)7-13(8-19)24-15)22-4-2-21(3-5-22)9-12-10-23-16(18)20-12/h7,10-11,14-15H,2-6,8-9,19H2,1H3. The molecule has 1 saturated heterocycles. The van der Waals surface area contributed by atoms with Crippen molar-refractivity contribution >= 4 is 56.9 Å². The third kappa shape index (κ3) is 5.09. The Morgan fingerprint density at radius 2 is 2.17 bits per heavy atom. The molecule has 8 heteroatoms. The molecule has 1 aromatic rings. The Morgan fingerprint density at radius 1 is 1.42 bits per heavy atom. The van der Waals surface area contributed by atoms with Gasteiger partial charge in [-0.2, -0.15) is 0 Å². The highest BCUT2D eigenvalue weighted by molar-refractivity contribution is 14.1. The van der Waals surface area contributed by atoms with Crippen LogP contribution in [0.4, 0.5) is 0 Å². The lowest BCUT2D eigenvalue weighted by Crippen LogP contribution is -2.49. The molecule has 0 bridgehead atoms. The van der Waals surface area contributed by atoms with Crippen LogP contribution in [0.5, 0.6) is 0 Å². The summed E-state index contributed by atoms with van der Waals surface area (Å²) in [4.78, 5) is 10.9. The summed E-state index contributed by atoms with van der Waals surface area (Å²) < 4.78 is 6.63. The Labute approximate surface area is 175 Å². The quantitative estimate of drug-likeness (QED) is 0.417. The molecule has 0 radical (unpaired) electrons. The molecule has 0 spiro atoms. The van der Waals surface area contributed by atoms with Gasteiger partial charge in [-0.3, -0.25) is 9.80 Å². The van der Waals surface area contributed by atoms with Gasteiger partial charge in [-0.15, -0.1) is 11.8 Å². The highest BCUT2D eigenvalue weighted by atomic mass is 127. The van der Waals surface area contributed by atoms with Crippen molar-refractivity contribution in [2.24, 2.45) is 5.73 Å². The number of hydrogen-bond donors (Lipinski definition) is 1. The molecular formula is C16H24I2N4OS. The fraction of sp³-hybridized carbons (Fsp3) is 0.688. The number of alkyl halides is 1. The van der Waals surface area contributed by atoms with Gasteiger partial charge in [0.25, 0.3) is 3.90 Å². The lowest BCUT2D eigenvalue weighted by Gasteiger charge is -2.38. The van der Waals surface area contributed by atoms with E-state index in [0.29, 0.717) is 21.8 Å². The second-order valence-corrected chi connectivity index (χ2v) is 10.2. The van der Waals surface area contributed by atoms with E-state index in [0.717, 1.165) is 42.3 Å². The Morgan fingerprint density at radius 3 is 2.75 bits per heavy atom. The normalized spacial score (nSPS) is 27.4. The molecule has 3 heterocycles. The lowest BCUT2D eigenvalue weighted by molar-refractivity contribution is 0.0939. The van der Waals surface area contributed by atoms with Crippen molar-refractivity contribution in [2.45, 2.75) is 35.1 Å². The molecule has 0 amide bonds. The number of halogens is 2. The van der Waals surface area contributed by atoms with Gasteiger partial charge in [-0.1, -0.05) is 28.7 Å². The molecule has 0 saturated carbocycles. The molecule has 3 rings (SSSR count). The van der Waals surface area contributed by atoms with Crippen LogP contribution in [0.2, 0.25) is 0 Å². The average Bonchev–Trinajstić information content (AvgIpc) is 3.14. The number of oxazole rings is 1. The molecule has 1 fully saturated rings. The van der Waals surface area contributed by atoms with E-state index in [-0.39, 0.29) is 0 Å². The number of aromatic nitrogens is 1. The first-order valence-electron chi connectivity index (χ1n) is 8.33. The first-order valence-corrected chi connectivity index (χ1v) is 11.5. The molecule has 3 unspecified atom stereocenters. The molecule has 2 N–H and O–H groups in total. The second-order valence-electron chi connectivity index (χ2n) is 6.43. The minimum absolute atomic E-state index is 0.615. The second kappa shape index (κ2) is 9.03. The van der Waals surface area contributed by atoms with Gasteiger partial charge in [0.2, 0.25) is 0 Å². The zero-order valence-corrected chi connectivity index (χ0v) is 19.0. The third-order valence-corrected chi connectivity index (χ3v) is 8.32. The first kappa shape index (κ1) is 19.4. The highest BCUT2D eigenvalue weighted by Gasteiger charge is 2.30.